The van der Waals surface area contributed by atoms with Gasteiger partial charge in [0.15, 0.2) is 11.6 Å². The summed E-state index contributed by atoms with van der Waals surface area (Å²) < 4.78 is 0. The smallest absolute Gasteiger partial charge is 0.272 e. The van der Waals surface area contributed by atoms with E-state index in [2.05, 4.69) is 32.1 Å². The zero-order valence-corrected chi connectivity index (χ0v) is 13.4. The number of aromatic amines is 1. The molecule has 3 rings (SSSR count). The van der Waals surface area contributed by atoms with E-state index in [1.807, 2.05) is 6.92 Å². The Morgan fingerprint density at radius 1 is 1.52 bits per heavy atom. The minimum atomic E-state index is -0.310. The van der Waals surface area contributed by atoms with Crippen LogP contribution in [0.2, 0.25) is 5.02 Å². The van der Waals surface area contributed by atoms with E-state index in [0.717, 1.165) is 30.2 Å². The van der Waals surface area contributed by atoms with Gasteiger partial charge in [0, 0.05) is 25.7 Å². The first-order chi connectivity index (χ1) is 10.1. The van der Waals surface area contributed by atoms with Crippen LogP contribution < -0.4 is 15.8 Å². The van der Waals surface area contributed by atoms with Crippen molar-refractivity contribution in [2.24, 2.45) is 0 Å². The highest BCUT2D eigenvalue weighted by atomic mass is 35.5. The van der Waals surface area contributed by atoms with E-state index < -0.39 is 0 Å². The molecule has 0 radical (unpaired) electrons. The second-order valence-electron chi connectivity index (χ2n) is 5.07. The topological polar surface area (TPSA) is 73.9 Å². The van der Waals surface area contributed by atoms with Gasteiger partial charge in [-0.2, -0.15) is 0 Å². The number of rotatable bonds is 2. The zero-order chi connectivity index (χ0) is 15.0. The van der Waals surface area contributed by atoms with E-state index in [9.17, 15) is 4.79 Å². The van der Waals surface area contributed by atoms with Crippen molar-refractivity contribution in [1.82, 2.24) is 20.3 Å². The van der Waals surface area contributed by atoms with E-state index >= 15 is 0 Å². The quantitative estimate of drug-likeness (QED) is 0.878. The average Bonchev–Trinajstić information content (AvgIpc) is 2.89. The second-order valence-corrected chi connectivity index (χ2v) is 6.30. The molecular formula is C13H16ClN5OS. The van der Waals surface area contributed by atoms with Crippen molar-refractivity contribution >= 4 is 28.8 Å². The molecule has 3 heterocycles. The monoisotopic (exact) mass is 325 g/mol. The predicted molar refractivity (Wildman–Crippen MR) is 85.4 cm³/mol. The maximum absolute atomic E-state index is 12.1. The molecule has 1 atom stereocenters. The number of halogens is 1. The number of piperazine rings is 1. The van der Waals surface area contributed by atoms with Crippen molar-refractivity contribution in [2.75, 3.05) is 24.5 Å². The fourth-order valence-corrected chi connectivity index (χ4v) is 3.38. The first-order valence-electron chi connectivity index (χ1n) is 6.75. The standard InChI is InChI=1S/C13H16ClN5OS/c1-7-5-15-3-4-19(7)12-9(14)13(20)18-11(17-12)10-8(2)16-6-21-10/h6-7,15H,3-5H2,1-2H3,(H,17,18,20)/t7-/m1/s1. The summed E-state index contributed by atoms with van der Waals surface area (Å²) in [6.07, 6.45) is 0. The molecule has 0 bridgehead atoms. The number of aryl methyl sites for hydroxylation is 1. The fraction of sp³-hybridized carbons (Fsp3) is 0.462. The molecule has 1 aliphatic heterocycles. The van der Waals surface area contributed by atoms with E-state index in [4.69, 9.17) is 11.6 Å². The Kier molecular flexibility index (Phi) is 3.97. The summed E-state index contributed by atoms with van der Waals surface area (Å²) in [5, 5.41) is 3.46. The molecule has 0 saturated carbocycles. The van der Waals surface area contributed by atoms with Gasteiger partial charge in [-0.1, -0.05) is 11.6 Å². The SMILES string of the molecule is Cc1ncsc1-c1nc(N2CCNC[C@H]2C)c(Cl)c(=O)[nH]1. The number of thiazole rings is 1. The summed E-state index contributed by atoms with van der Waals surface area (Å²) in [5.41, 5.74) is 2.28. The van der Waals surface area contributed by atoms with Gasteiger partial charge in [0.1, 0.15) is 5.02 Å². The molecule has 112 valence electrons. The van der Waals surface area contributed by atoms with Crippen molar-refractivity contribution in [3.05, 3.63) is 26.6 Å². The van der Waals surface area contributed by atoms with E-state index in [0.29, 0.717) is 11.6 Å². The van der Waals surface area contributed by atoms with Gasteiger partial charge in [0.2, 0.25) is 0 Å². The lowest BCUT2D eigenvalue weighted by molar-refractivity contribution is 0.497. The third kappa shape index (κ3) is 2.68. The largest absolute Gasteiger partial charge is 0.350 e. The number of hydrogen-bond acceptors (Lipinski definition) is 6. The van der Waals surface area contributed by atoms with Crippen molar-refractivity contribution in [2.45, 2.75) is 19.9 Å². The van der Waals surface area contributed by atoms with Gasteiger partial charge in [0.05, 0.1) is 16.1 Å². The molecule has 8 heteroatoms. The molecule has 0 unspecified atom stereocenters. The van der Waals surface area contributed by atoms with Crippen molar-refractivity contribution in [3.8, 4) is 10.7 Å². The molecular weight excluding hydrogens is 310 g/mol. The van der Waals surface area contributed by atoms with Crippen LogP contribution in [0.25, 0.3) is 10.7 Å². The first-order valence-corrected chi connectivity index (χ1v) is 8.01. The number of aromatic nitrogens is 3. The molecule has 0 aliphatic carbocycles. The van der Waals surface area contributed by atoms with E-state index in [1.165, 1.54) is 11.3 Å². The number of nitrogens with one attached hydrogen (secondary N) is 2. The van der Waals surface area contributed by atoms with Gasteiger partial charge in [-0.3, -0.25) is 4.79 Å². The van der Waals surface area contributed by atoms with Gasteiger partial charge in [0.25, 0.3) is 5.56 Å². The molecule has 2 aromatic heterocycles. The van der Waals surface area contributed by atoms with Crippen molar-refractivity contribution in [3.63, 3.8) is 0 Å². The predicted octanol–water partition coefficient (Wildman–Crippen LogP) is 1.65. The summed E-state index contributed by atoms with van der Waals surface area (Å²) in [4.78, 5) is 26.6. The van der Waals surface area contributed by atoms with Crippen LogP contribution in [0.5, 0.6) is 0 Å². The van der Waals surface area contributed by atoms with E-state index in [-0.39, 0.29) is 16.6 Å². The van der Waals surface area contributed by atoms with Crippen LogP contribution in [0.15, 0.2) is 10.3 Å². The normalized spacial score (nSPS) is 19.0. The van der Waals surface area contributed by atoms with E-state index in [1.54, 1.807) is 5.51 Å². The summed E-state index contributed by atoms with van der Waals surface area (Å²) >= 11 is 7.64. The highest BCUT2D eigenvalue weighted by molar-refractivity contribution is 7.13. The Labute approximate surface area is 131 Å². The molecule has 2 aromatic rings. The molecule has 1 aliphatic rings. The molecule has 21 heavy (non-hydrogen) atoms. The van der Waals surface area contributed by atoms with Crippen LogP contribution in [0.4, 0.5) is 5.82 Å². The Balaban J connectivity index is 2.10. The van der Waals surface area contributed by atoms with Crippen LogP contribution in [0, 0.1) is 6.92 Å². The summed E-state index contributed by atoms with van der Waals surface area (Å²) in [7, 11) is 0. The van der Waals surface area contributed by atoms with Crippen molar-refractivity contribution in [1.29, 1.82) is 0 Å². The van der Waals surface area contributed by atoms with Gasteiger partial charge in [-0.05, 0) is 13.8 Å². The third-order valence-electron chi connectivity index (χ3n) is 3.58. The van der Waals surface area contributed by atoms with Gasteiger partial charge in [-0.25, -0.2) is 9.97 Å². The number of anilines is 1. The Hall–Kier alpha value is -1.44. The van der Waals surface area contributed by atoms with Gasteiger partial charge in [-0.15, -0.1) is 11.3 Å². The number of H-pyrrole nitrogens is 1. The molecule has 6 nitrogen and oxygen atoms in total. The molecule has 0 spiro atoms. The minimum absolute atomic E-state index is 0.148. The molecule has 0 aromatic carbocycles. The molecule has 2 N–H and O–H groups in total. The first kappa shape index (κ1) is 14.5. The van der Waals surface area contributed by atoms with Crippen molar-refractivity contribution < 1.29 is 0 Å². The number of hydrogen-bond donors (Lipinski definition) is 2. The zero-order valence-electron chi connectivity index (χ0n) is 11.8. The third-order valence-corrected chi connectivity index (χ3v) is 4.86. The molecule has 1 saturated heterocycles. The average molecular weight is 326 g/mol. The lowest BCUT2D eigenvalue weighted by atomic mass is 10.2. The number of nitrogens with zero attached hydrogens (tertiary/aromatic N) is 3. The lowest BCUT2D eigenvalue weighted by Crippen LogP contribution is -2.50. The Morgan fingerprint density at radius 3 is 3.00 bits per heavy atom. The molecule has 1 fully saturated rings. The highest BCUT2D eigenvalue weighted by Gasteiger charge is 2.24. The van der Waals surface area contributed by atoms with Crippen LogP contribution in [-0.4, -0.2) is 40.6 Å². The maximum atomic E-state index is 12.1. The van der Waals surface area contributed by atoms with Crippen LogP contribution >= 0.6 is 22.9 Å². The second kappa shape index (κ2) is 5.75. The Bertz CT molecular complexity index is 713. The van der Waals surface area contributed by atoms with Crippen LogP contribution in [-0.2, 0) is 0 Å². The maximum Gasteiger partial charge on any atom is 0.272 e. The van der Waals surface area contributed by atoms with Gasteiger partial charge < -0.3 is 15.2 Å². The summed E-state index contributed by atoms with van der Waals surface area (Å²) in [6, 6.07) is 0.237. The summed E-state index contributed by atoms with van der Waals surface area (Å²) in [5.74, 6) is 1.09. The van der Waals surface area contributed by atoms with Crippen LogP contribution in [0.1, 0.15) is 12.6 Å². The van der Waals surface area contributed by atoms with Gasteiger partial charge >= 0.3 is 0 Å². The lowest BCUT2D eigenvalue weighted by Gasteiger charge is -2.35. The molecule has 0 amide bonds. The Morgan fingerprint density at radius 2 is 2.33 bits per heavy atom. The van der Waals surface area contributed by atoms with Crippen LogP contribution in [0.3, 0.4) is 0 Å². The fourth-order valence-electron chi connectivity index (χ4n) is 2.43. The highest BCUT2D eigenvalue weighted by Crippen LogP contribution is 2.28. The minimum Gasteiger partial charge on any atom is -0.350 e. The summed E-state index contributed by atoms with van der Waals surface area (Å²) in [6.45, 7) is 6.46.